The number of alkyl carbamates (subject to hydrolysis) is 1. The molecule has 0 radical (unpaired) electrons. The average Bonchev–Trinajstić information content (AvgIpc) is 2.98. The van der Waals surface area contributed by atoms with Gasteiger partial charge in [-0.2, -0.15) is 0 Å². The Bertz CT molecular complexity index is 921. The molecule has 2 aromatic carbocycles. The van der Waals surface area contributed by atoms with Crippen LogP contribution in [0.1, 0.15) is 44.2 Å². The SMILES string of the molecule is CC(C)(C)OC(=O)C[C@H](NC(=O)OCC1c2ccccc2-c2ccccc21)C(=O)Br. The number of esters is 1. The standard InChI is InChI=1S/C23H24BrNO5/c1-23(2,3)30-20(26)12-19(21(24)27)25-22(28)29-13-18-16-10-6-4-8-14(16)15-9-5-7-11-17(15)18/h4-11,18-19H,12-13H2,1-3H3,(H,25,28)/t19-/m0/s1. The zero-order valence-corrected chi connectivity index (χ0v) is 18.7. The lowest BCUT2D eigenvalue weighted by Gasteiger charge is -2.21. The van der Waals surface area contributed by atoms with Crippen LogP contribution in [0.4, 0.5) is 4.79 Å². The Morgan fingerprint density at radius 1 is 1.00 bits per heavy atom. The van der Waals surface area contributed by atoms with E-state index in [0.29, 0.717) is 0 Å². The van der Waals surface area contributed by atoms with Gasteiger partial charge in [-0.05, 0) is 59.0 Å². The number of carbonyl (C=O) groups excluding carboxylic acids is 3. The Kier molecular flexibility index (Phi) is 6.61. The molecule has 1 amide bonds. The van der Waals surface area contributed by atoms with E-state index in [0.717, 1.165) is 22.3 Å². The van der Waals surface area contributed by atoms with Crippen molar-refractivity contribution in [2.24, 2.45) is 0 Å². The highest BCUT2D eigenvalue weighted by Crippen LogP contribution is 2.44. The number of carbonyl (C=O) groups is 3. The van der Waals surface area contributed by atoms with Crippen LogP contribution >= 0.6 is 15.9 Å². The minimum absolute atomic E-state index is 0.0906. The summed E-state index contributed by atoms with van der Waals surface area (Å²) in [5.74, 6) is -0.675. The minimum atomic E-state index is -1.07. The number of fused-ring (bicyclic) bond motifs is 3. The van der Waals surface area contributed by atoms with E-state index in [4.69, 9.17) is 9.47 Å². The van der Waals surface area contributed by atoms with Crippen LogP contribution < -0.4 is 5.32 Å². The average molecular weight is 474 g/mol. The number of rotatable bonds is 6. The monoisotopic (exact) mass is 473 g/mol. The Morgan fingerprint density at radius 2 is 1.53 bits per heavy atom. The Balaban J connectivity index is 1.64. The van der Waals surface area contributed by atoms with Gasteiger partial charge in [0.05, 0.1) is 6.42 Å². The predicted octanol–water partition coefficient (Wildman–Crippen LogP) is 4.55. The summed E-state index contributed by atoms with van der Waals surface area (Å²) in [6.07, 6.45) is -1.05. The van der Waals surface area contributed by atoms with Crippen LogP contribution in [-0.2, 0) is 19.1 Å². The van der Waals surface area contributed by atoms with Gasteiger partial charge >= 0.3 is 12.1 Å². The highest BCUT2D eigenvalue weighted by molar-refractivity contribution is 9.18. The lowest BCUT2D eigenvalue weighted by molar-refractivity contribution is -0.155. The molecule has 7 heteroatoms. The molecule has 0 saturated carbocycles. The van der Waals surface area contributed by atoms with Crippen LogP contribution in [0.5, 0.6) is 0 Å². The summed E-state index contributed by atoms with van der Waals surface area (Å²) < 4.78 is 10.1. The molecule has 0 bridgehead atoms. The number of nitrogens with one attached hydrogen (secondary N) is 1. The zero-order chi connectivity index (χ0) is 21.9. The molecule has 0 aliphatic heterocycles. The van der Waals surface area contributed by atoms with Crippen molar-refractivity contribution in [2.75, 3.05) is 6.61 Å². The van der Waals surface area contributed by atoms with Crippen molar-refractivity contribution < 1.29 is 23.9 Å². The van der Waals surface area contributed by atoms with Gasteiger partial charge in [0.2, 0.25) is 4.69 Å². The van der Waals surface area contributed by atoms with Crippen LogP contribution in [0.3, 0.4) is 0 Å². The first-order valence-electron chi connectivity index (χ1n) is 9.68. The molecule has 1 N–H and O–H groups in total. The van der Waals surface area contributed by atoms with Gasteiger partial charge in [0.15, 0.2) is 0 Å². The van der Waals surface area contributed by atoms with Crippen LogP contribution in [0.15, 0.2) is 48.5 Å². The molecule has 1 aliphatic carbocycles. The fraction of sp³-hybridized carbons (Fsp3) is 0.348. The molecule has 0 fully saturated rings. The maximum Gasteiger partial charge on any atom is 0.407 e. The largest absolute Gasteiger partial charge is 0.460 e. The molecule has 3 rings (SSSR count). The molecule has 0 heterocycles. The smallest absolute Gasteiger partial charge is 0.407 e. The number of halogens is 1. The highest BCUT2D eigenvalue weighted by Gasteiger charge is 2.30. The Morgan fingerprint density at radius 3 is 2.03 bits per heavy atom. The van der Waals surface area contributed by atoms with E-state index in [-0.39, 0.29) is 18.9 Å². The van der Waals surface area contributed by atoms with Gasteiger partial charge in [0.1, 0.15) is 18.2 Å². The van der Waals surface area contributed by atoms with Gasteiger partial charge < -0.3 is 14.8 Å². The van der Waals surface area contributed by atoms with Crippen molar-refractivity contribution in [1.29, 1.82) is 0 Å². The Hall–Kier alpha value is -2.67. The molecule has 158 valence electrons. The molecule has 0 unspecified atom stereocenters. The topological polar surface area (TPSA) is 81.7 Å². The van der Waals surface area contributed by atoms with Gasteiger partial charge in [0.25, 0.3) is 0 Å². The van der Waals surface area contributed by atoms with Crippen LogP contribution in [-0.4, -0.2) is 35.0 Å². The molecular formula is C23H24BrNO5. The first-order valence-corrected chi connectivity index (χ1v) is 10.5. The van der Waals surface area contributed by atoms with Gasteiger partial charge in [-0.25, -0.2) is 4.79 Å². The van der Waals surface area contributed by atoms with E-state index in [2.05, 4.69) is 33.4 Å². The maximum atomic E-state index is 12.3. The van der Waals surface area contributed by atoms with Crippen molar-refractivity contribution in [2.45, 2.75) is 44.8 Å². The molecular weight excluding hydrogens is 450 g/mol. The highest BCUT2D eigenvalue weighted by atomic mass is 79.9. The second kappa shape index (κ2) is 9.00. The van der Waals surface area contributed by atoms with E-state index in [1.807, 2.05) is 36.4 Å². The van der Waals surface area contributed by atoms with Gasteiger partial charge in [-0.15, -0.1) is 0 Å². The zero-order valence-electron chi connectivity index (χ0n) is 17.1. The third-order valence-electron chi connectivity index (χ3n) is 4.70. The normalized spacial score (nSPS) is 13.7. The summed E-state index contributed by atoms with van der Waals surface area (Å²) in [6.45, 7) is 5.31. The molecule has 30 heavy (non-hydrogen) atoms. The Labute approximate surface area is 184 Å². The summed E-state index contributed by atoms with van der Waals surface area (Å²) in [7, 11) is 0. The number of hydrogen-bond acceptors (Lipinski definition) is 5. The van der Waals surface area contributed by atoms with Crippen molar-refractivity contribution in [3.05, 3.63) is 59.7 Å². The van der Waals surface area contributed by atoms with Crippen molar-refractivity contribution >= 4 is 32.7 Å². The molecule has 0 aromatic heterocycles. The van der Waals surface area contributed by atoms with Gasteiger partial charge in [-0.3, -0.25) is 9.59 Å². The molecule has 1 atom stereocenters. The predicted molar refractivity (Wildman–Crippen MR) is 116 cm³/mol. The van der Waals surface area contributed by atoms with E-state index >= 15 is 0 Å². The van der Waals surface area contributed by atoms with Gasteiger partial charge in [0, 0.05) is 5.92 Å². The van der Waals surface area contributed by atoms with Crippen LogP contribution in [0.25, 0.3) is 11.1 Å². The van der Waals surface area contributed by atoms with E-state index in [9.17, 15) is 14.4 Å². The first-order chi connectivity index (χ1) is 14.2. The van der Waals surface area contributed by atoms with Crippen LogP contribution in [0.2, 0.25) is 0 Å². The minimum Gasteiger partial charge on any atom is -0.460 e. The first kappa shape index (κ1) is 22.0. The molecule has 0 spiro atoms. The fourth-order valence-electron chi connectivity index (χ4n) is 3.52. The second-order valence-corrected chi connectivity index (χ2v) is 8.90. The fourth-order valence-corrected chi connectivity index (χ4v) is 3.80. The van der Waals surface area contributed by atoms with Crippen molar-refractivity contribution in [1.82, 2.24) is 5.32 Å². The third-order valence-corrected chi connectivity index (χ3v) is 5.25. The maximum absolute atomic E-state index is 12.3. The van der Waals surface area contributed by atoms with E-state index in [1.165, 1.54) is 0 Å². The number of hydrogen-bond donors (Lipinski definition) is 1. The number of amides is 1. The van der Waals surface area contributed by atoms with Crippen molar-refractivity contribution in [3.63, 3.8) is 0 Å². The summed E-state index contributed by atoms with van der Waals surface area (Å²) in [6, 6.07) is 14.9. The lowest BCUT2D eigenvalue weighted by Crippen LogP contribution is -2.42. The number of ether oxygens (including phenoxy) is 2. The summed E-state index contributed by atoms with van der Waals surface area (Å²) >= 11 is 2.82. The van der Waals surface area contributed by atoms with E-state index in [1.54, 1.807) is 20.8 Å². The lowest BCUT2D eigenvalue weighted by atomic mass is 9.98. The molecule has 0 saturated heterocycles. The summed E-state index contributed by atoms with van der Waals surface area (Å²) in [5, 5.41) is 2.45. The van der Waals surface area contributed by atoms with Crippen molar-refractivity contribution in [3.8, 4) is 11.1 Å². The quantitative estimate of drug-likeness (QED) is 0.491. The van der Waals surface area contributed by atoms with E-state index < -0.39 is 28.4 Å². The second-order valence-electron chi connectivity index (χ2n) is 8.12. The third kappa shape index (κ3) is 5.27. The number of benzene rings is 2. The molecule has 2 aromatic rings. The molecule has 1 aliphatic rings. The summed E-state index contributed by atoms with van der Waals surface area (Å²) in [4.78, 5) is 36.2. The van der Waals surface area contributed by atoms with Crippen LogP contribution in [0, 0.1) is 0 Å². The summed E-state index contributed by atoms with van der Waals surface area (Å²) in [5.41, 5.74) is 3.75. The molecule has 6 nitrogen and oxygen atoms in total. The van der Waals surface area contributed by atoms with Gasteiger partial charge in [-0.1, -0.05) is 48.5 Å².